The molecule has 17 heavy (non-hydrogen) atoms. The first-order valence-corrected chi connectivity index (χ1v) is 6.45. The summed E-state index contributed by atoms with van der Waals surface area (Å²) in [5, 5.41) is 12.4. The predicted molar refractivity (Wildman–Crippen MR) is 70.8 cm³/mol. The van der Waals surface area contributed by atoms with E-state index in [1.54, 1.807) is 6.92 Å². The number of aliphatic hydroxyl groups excluding tert-OH is 1. The molecule has 0 aromatic carbocycles. The van der Waals surface area contributed by atoms with Crippen molar-refractivity contribution in [1.82, 2.24) is 10.2 Å². The molecular weight excluding hydrogens is 216 g/mol. The van der Waals surface area contributed by atoms with Gasteiger partial charge < -0.3 is 10.4 Å². The molecule has 0 aliphatic carbocycles. The van der Waals surface area contributed by atoms with E-state index < -0.39 is 6.10 Å². The fourth-order valence-electron chi connectivity index (χ4n) is 1.45. The zero-order valence-corrected chi connectivity index (χ0v) is 12.0. The third-order valence-corrected chi connectivity index (χ3v) is 2.96. The predicted octanol–water partition coefficient (Wildman–Crippen LogP) is 1.24. The smallest absolute Gasteiger partial charge is 0.234 e. The summed E-state index contributed by atoms with van der Waals surface area (Å²) >= 11 is 0. The molecule has 0 heterocycles. The molecule has 0 fully saturated rings. The van der Waals surface area contributed by atoms with Crippen LogP contribution < -0.4 is 5.32 Å². The topological polar surface area (TPSA) is 52.6 Å². The molecule has 0 aromatic heterocycles. The normalized spacial score (nSPS) is 15.4. The van der Waals surface area contributed by atoms with E-state index >= 15 is 0 Å². The van der Waals surface area contributed by atoms with Gasteiger partial charge in [-0.3, -0.25) is 9.69 Å². The molecule has 4 heteroatoms. The second kappa shape index (κ2) is 7.67. The second-order valence-electron chi connectivity index (χ2n) is 5.47. The van der Waals surface area contributed by atoms with Gasteiger partial charge in [-0.25, -0.2) is 0 Å². The Bertz CT molecular complexity index is 227. The van der Waals surface area contributed by atoms with E-state index in [0.717, 1.165) is 0 Å². The van der Waals surface area contributed by atoms with Gasteiger partial charge in [-0.05, 0) is 33.6 Å². The number of carbonyl (C=O) groups excluding carboxylic acids is 1. The number of nitrogens with one attached hydrogen (secondary N) is 1. The Morgan fingerprint density at radius 2 is 1.71 bits per heavy atom. The maximum Gasteiger partial charge on any atom is 0.234 e. The van der Waals surface area contributed by atoms with Crippen molar-refractivity contribution in [2.24, 2.45) is 5.92 Å². The van der Waals surface area contributed by atoms with Gasteiger partial charge in [-0.15, -0.1) is 0 Å². The van der Waals surface area contributed by atoms with Crippen LogP contribution in [-0.2, 0) is 4.79 Å². The van der Waals surface area contributed by atoms with E-state index in [9.17, 15) is 9.90 Å². The van der Waals surface area contributed by atoms with Gasteiger partial charge in [-0.1, -0.05) is 13.8 Å². The van der Waals surface area contributed by atoms with Crippen LogP contribution in [0.2, 0.25) is 0 Å². The summed E-state index contributed by atoms with van der Waals surface area (Å²) in [6.45, 7) is 12.9. The molecule has 0 saturated heterocycles. The summed E-state index contributed by atoms with van der Waals surface area (Å²) in [7, 11) is 0. The van der Waals surface area contributed by atoms with Crippen LogP contribution in [0.15, 0.2) is 0 Å². The van der Waals surface area contributed by atoms with Crippen LogP contribution in [0.5, 0.6) is 0 Å². The molecule has 102 valence electrons. The van der Waals surface area contributed by atoms with Crippen molar-refractivity contribution in [3.8, 4) is 0 Å². The lowest BCUT2D eigenvalue weighted by Gasteiger charge is -2.28. The summed E-state index contributed by atoms with van der Waals surface area (Å²) in [6.07, 6.45) is -0.410. The van der Waals surface area contributed by atoms with E-state index in [0.29, 0.717) is 19.0 Å². The van der Waals surface area contributed by atoms with E-state index in [1.165, 1.54) is 0 Å². The number of nitrogens with zero attached hydrogens (tertiary/aromatic N) is 1. The van der Waals surface area contributed by atoms with Crippen molar-refractivity contribution < 1.29 is 9.90 Å². The maximum absolute atomic E-state index is 11.8. The lowest BCUT2D eigenvalue weighted by molar-refractivity contribution is -0.123. The quantitative estimate of drug-likeness (QED) is 0.708. The highest BCUT2D eigenvalue weighted by Gasteiger charge is 2.17. The molecule has 4 nitrogen and oxygen atoms in total. The third-order valence-electron chi connectivity index (χ3n) is 2.96. The second-order valence-corrected chi connectivity index (χ2v) is 5.47. The molecule has 0 radical (unpaired) electrons. The van der Waals surface area contributed by atoms with Gasteiger partial charge in [0.25, 0.3) is 0 Å². The number of aliphatic hydroxyl groups is 1. The highest BCUT2D eigenvalue weighted by molar-refractivity contribution is 5.78. The molecule has 2 unspecified atom stereocenters. The first-order valence-electron chi connectivity index (χ1n) is 6.45. The molecular formula is C13H28N2O2. The first kappa shape index (κ1) is 16.4. The van der Waals surface area contributed by atoms with Gasteiger partial charge in [0.15, 0.2) is 0 Å². The van der Waals surface area contributed by atoms with E-state index in [-0.39, 0.29) is 18.0 Å². The molecule has 0 rings (SSSR count). The highest BCUT2D eigenvalue weighted by atomic mass is 16.3. The number of carbonyl (C=O) groups is 1. The summed E-state index contributed by atoms with van der Waals surface area (Å²) < 4.78 is 0. The van der Waals surface area contributed by atoms with E-state index in [4.69, 9.17) is 0 Å². The van der Waals surface area contributed by atoms with Gasteiger partial charge in [0, 0.05) is 18.6 Å². The molecule has 0 saturated carbocycles. The molecule has 2 N–H and O–H groups in total. The highest BCUT2D eigenvalue weighted by Crippen LogP contribution is 2.02. The molecule has 0 aromatic rings. The molecule has 2 atom stereocenters. The SMILES string of the molecule is CC(O)CN(CC(=O)NC(C)C(C)C)C(C)C. The first-order chi connectivity index (χ1) is 7.73. The number of hydrogen-bond donors (Lipinski definition) is 2. The fraction of sp³-hybridized carbons (Fsp3) is 0.923. The average Bonchev–Trinajstić information content (AvgIpc) is 2.15. The Labute approximate surface area is 105 Å². The van der Waals surface area contributed by atoms with Crippen LogP contribution >= 0.6 is 0 Å². The van der Waals surface area contributed by atoms with Crippen molar-refractivity contribution in [2.75, 3.05) is 13.1 Å². The minimum absolute atomic E-state index is 0.0283. The zero-order chi connectivity index (χ0) is 13.6. The van der Waals surface area contributed by atoms with Gasteiger partial charge in [0.1, 0.15) is 0 Å². The van der Waals surface area contributed by atoms with Crippen LogP contribution in [0.1, 0.15) is 41.5 Å². The molecule has 0 bridgehead atoms. The minimum atomic E-state index is -0.410. The number of amides is 1. The van der Waals surface area contributed by atoms with Crippen molar-refractivity contribution in [3.63, 3.8) is 0 Å². The Kier molecular flexibility index (Phi) is 7.39. The Hall–Kier alpha value is -0.610. The zero-order valence-electron chi connectivity index (χ0n) is 12.0. The molecule has 0 aliphatic heterocycles. The summed E-state index contributed by atoms with van der Waals surface area (Å²) in [4.78, 5) is 13.8. The van der Waals surface area contributed by atoms with Crippen molar-refractivity contribution >= 4 is 5.91 Å². The summed E-state index contributed by atoms with van der Waals surface area (Å²) in [5.41, 5.74) is 0. The summed E-state index contributed by atoms with van der Waals surface area (Å²) in [6, 6.07) is 0.438. The monoisotopic (exact) mass is 244 g/mol. The van der Waals surface area contributed by atoms with Crippen molar-refractivity contribution in [3.05, 3.63) is 0 Å². The van der Waals surface area contributed by atoms with Crippen LogP contribution in [0.4, 0.5) is 0 Å². The van der Waals surface area contributed by atoms with Crippen molar-refractivity contribution in [1.29, 1.82) is 0 Å². The van der Waals surface area contributed by atoms with Gasteiger partial charge in [0.05, 0.1) is 12.6 Å². The maximum atomic E-state index is 11.8. The van der Waals surface area contributed by atoms with E-state index in [2.05, 4.69) is 19.2 Å². The Balaban J connectivity index is 4.22. The number of hydrogen-bond acceptors (Lipinski definition) is 3. The third kappa shape index (κ3) is 7.34. The molecule has 1 amide bonds. The lowest BCUT2D eigenvalue weighted by Crippen LogP contribution is -2.46. The van der Waals surface area contributed by atoms with Crippen LogP contribution in [0.25, 0.3) is 0 Å². The fourth-order valence-corrected chi connectivity index (χ4v) is 1.45. The average molecular weight is 244 g/mol. The molecule has 0 spiro atoms. The van der Waals surface area contributed by atoms with Crippen molar-refractivity contribution in [2.45, 2.75) is 59.7 Å². The van der Waals surface area contributed by atoms with Gasteiger partial charge in [-0.2, -0.15) is 0 Å². The summed E-state index contributed by atoms with van der Waals surface area (Å²) in [5.74, 6) is 0.462. The number of rotatable bonds is 7. The van der Waals surface area contributed by atoms with E-state index in [1.807, 2.05) is 25.7 Å². The Morgan fingerprint density at radius 1 is 1.18 bits per heavy atom. The Morgan fingerprint density at radius 3 is 2.06 bits per heavy atom. The van der Waals surface area contributed by atoms with Crippen LogP contribution in [0, 0.1) is 5.92 Å². The lowest BCUT2D eigenvalue weighted by atomic mass is 10.1. The van der Waals surface area contributed by atoms with Gasteiger partial charge in [0.2, 0.25) is 5.91 Å². The molecule has 0 aliphatic rings. The van der Waals surface area contributed by atoms with Crippen LogP contribution in [-0.4, -0.2) is 47.2 Å². The van der Waals surface area contributed by atoms with Crippen LogP contribution in [0.3, 0.4) is 0 Å². The largest absolute Gasteiger partial charge is 0.392 e. The van der Waals surface area contributed by atoms with Gasteiger partial charge >= 0.3 is 0 Å². The minimum Gasteiger partial charge on any atom is -0.392 e. The standard InChI is InChI=1S/C13H28N2O2/c1-9(2)12(6)14-13(17)8-15(10(3)4)7-11(5)16/h9-12,16H,7-8H2,1-6H3,(H,14,17).